The predicted molar refractivity (Wildman–Crippen MR) is 77.6 cm³/mol. The van der Waals surface area contributed by atoms with Crippen molar-refractivity contribution in [3.63, 3.8) is 0 Å². The quantitative estimate of drug-likeness (QED) is 0.379. The number of unbranched alkanes of at least 4 members (excludes halogenated alkanes) is 6. The minimum Gasteiger partial charge on any atom is -0.120 e. The van der Waals surface area contributed by atoms with E-state index in [4.69, 9.17) is 6.42 Å². The van der Waals surface area contributed by atoms with Crippen LogP contribution in [0.3, 0.4) is 0 Å². The molecule has 0 radical (unpaired) electrons. The maximum absolute atomic E-state index is 5.24. The summed E-state index contributed by atoms with van der Waals surface area (Å²) in [7, 11) is 0. The minimum atomic E-state index is 0.596. The Morgan fingerprint density at radius 3 is 2.35 bits per heavy atom. The van der Waals surface area contributed by atoms with Crippen LogP contribution in [-0.2, 0) is 0 Å². The van der Waals surface area contributed by atoms with Crippen LogP contribution in [-0.4, -0.2) is 0 Å². The summed E-state index contributed by atoms with van der Waals surface area (Å²) in [5.74, 6) is 10.1. The van der Waals surface area contributed by atoms with Gasteiger partial charge < -0.3 is 0 Å². The maximum atomic E-state index is 5.24. The van der Waals surface area contributed by atoms with Crippen LogP contribution in [0.1, 0.15) is 78.1 Å². The first-order chi connectivity index (χ1) is 8.35. The molecule has 0 nitrogen and oxygen atoms in total. The number of hydrogen-bond donors (Lipinski definition) is 0. The molecule has 0 aliphatic carbocycles. The smallest absolute Gasteiger partial charge is 0.0200 e. The SMILES string of the molecule is C#CCCCCC(C#CCCCCCC)CC. The standard InChI is InChI=1S/C17H28/c1-4-7-9-11-12-14-16-17(6-3)15-13-10-8-5-2/h2,17H,4,6-13,15H2,1,3H3. The van der Waals surface area contributed by atoms with Crippen molar-refractivity contribution in [3.05, 3.63) is 0 Å². The zero-order valence-corrected chi connectivity index (χ0v) is 11.7. The first-order valence-electron chi connectivity index (χ1n) is 7.27. The van der Waals surface area contributed by atoms with Crippen LogP contribution in [0.15, 0.2) is 0 Å². The summed E-state index contributed by atoms with van der Waals surface area (Å²) in [6.07, 6.45) is 17.3. The molecule has 0 N–H and O–H groups in total. The lowest BCUT2D eigenvalue weighted by Gasteiger charge is -2.06. The number of rotatable bonds is 9. The second-order valence-corrected chi connectivity index (χ2v) is 4.69. The van der Waals surface area contributed by atoms with Crippen molar-refractivity contribution < 1.29 is 0 Å². The van der Waals surface area contributed by atoms with Crippen LogP contribution >= 0.6 is 0 Å². The molecule has 0 saturated heterocycles. The van der Waals surface area contributed by atoms with Crippen LogP contribution in [0.4, 0.5) is 0 Å². The Bertz CT molecular complexity index is 245. The van der Waals surface area contributed by atoms with Crippen LogP contribution in [0.5, 0.6) is 0 Å². The molecule has 0 aromatic rings. The summed E-state index contributed by atoms with van der Waals surface area (Å²) in [6.45, 7) is 4.48. The van der Waals surface area contributed by atoms with Gasteiger partial charge in [-0.15, -0.1) is 18.3 Å². The molecule has 1 unspecified atom stereocenters. The van der Waals surface area contributed by atoms with Gasteiger partial charge in [0.15, 0.2) is 0 Å². The van der Waals surface area contributed by atoms with E-state index in [9.17, 15) is 0 Å². The van der Waals surface area contributed by atoms with E-state index in [2.05, 4.69) is 31.6 Å². The third kappa shape index (κ3) is 11.4. The van der Waals surface area contributed by atoms with Crippen molar-refractivity contribution in [2.24, 2.45) is 5.92 Å². The van der Waals surface area contributed by atoms with Crippen molar-refractivity contribution in [2.75, 3.05) is 0 Å². The summed E-state index contributed by atoms with van der Waals surface area (Å²) in [6, 6.07) is 0. The molecule has 0 aliphatic rings. The molecular formula is C17H28. The van der Waals surface area contributed by atoms with Crippen molar-refractivity contribution >= 4 is 0 Å². The normalized spacial score (nSPS) is 11.4. The van der Waals surface area contributed by atoms with Gasteiger partial charge in [-0.25, -0.2) is 0 Å². The Morgan fingerprint density at radius 1 is 0.941 bits per heavy atom. The molecule has 0 aromatic heterocycles. The van der Waals surface area contributed by atoms with E-state index in [1.165, 1.54) is 44.9 Å². The van der Waals surface area contributed by atoms with E-state index in [1.807, 2.05) is 0 Å². The van der Waals surface area contributed by atoms with Gasteiger partial charge >= 0.3 is 0 Å². The second-order valence-electron chi connectivity index (χ2n) is 4.69. The van der Waals surface area contributed by atoms with Gasteiger partial charge in [0.2, 0.25) is 0 Å². The van der Waals surface area contributed by atoms with Crippen molar-refractivity contribution in [1.29, 1.82) is 0 Å². The highest BCUT2D eigenvalue weighted by Crippen LogP contribution is 2.12. The van der Waals surface area contributed by atoms with Crippen molar-refractivity contribution in [3.8, 4) is 24.2 Å². The van der Waals surface area contributed by atoms with E-state index in [-0.39, 0.29) is 0 Å². The molecular weight excluding hydrogens is 204 g/mol. The van der Waals surface area contributed by atoms with Gasteiger partial charge in [-0.1, -0.05) is 45.5 Å². The fourth-order valence-electron chi connectivity index (χ4n) is 1.85. The van der Waals surface area contributed by atoms with Gasteiger partial charge in [-0.3, -0.25) is 0 Å². The Morgan fingerprint density at radius 2 is 1.71 bits per heavy atom. The summed E-state index contributed by atoms with van der Waals surface area (Å²) in [5, 5.41) is 0. The molecule has 0 spiro atoms. The summed E-state index contributed by atoms with van der Waals surface area (Å²) in [5.41, 5.74) is 0. The van der Waals surface area contributed by atoms with E-state index in [0.717, 1.165) is 19.3 Å². The molecule has 0 fully saturated rings. The molecule has 0 amide bonds. The van der Waals surface area contributed by atoms with Crippen LogP contribution in [0.2, 0.25) is 0 Å². The Hall–Kier alpha value is -0.880. The molecule has 0 bridgehead atoms. The monoisotopic (exact) mass is 232 g/mol. The van der Waals surface area contributed by atoms with Gasteiger partial charge in [0, 0.05) is 18.8 Å². The van der Waals surface area contributed by atoms with Gasteiger partial charge in [0.1, 0.15) is 0 Å². The number of terminal acetylenes is 1. The van der Waals surface area contributed by atoms with Crippen molar-refractivity contribution in [2.45, 2.75) is 78.1 Å². The third-order valence-electron chi connectivity index (χ3n) is 3.08. The van der Waals surface area contributed by atoms with E-state index < -0.39 is 0 Å². The topological polar surface area (TPSA) is 0 Å². The zero-order chi connectivity index (χ0) is 12.8. The second kappa shape index (κ2) is 13.2. The molecule has 96 valence electrons. The predicted octanol–water partition coefficient (Wildman–Crippen LogP) is 5.18. The Balaban J connectivity index is 3.58. The summed E-state index contributed by atoms with van der Waals surface area (Å²) >= 11 is 0. The lowest BCUT2D eigenvalue weighted by molar-refractivity contribution is 0.548. The minimum absolute atomic E-state index is 0.596. The van der Waals surface area contributed by atoms with E-state index >= 15 is 0 Å². The third-order valence-corrected chi connectivity index (χ3v) is 3.08. The first-order valence-corrected chi connectivity index (χ1v) is 7.27. The average molecular weight is 232 g/mol. The summed E-state index contributed by atoms with van der Waals surface area (Å²) < 4.78 is 0. The molecule has 0 heteroatoms. The van der Waals surface area contributed by atoms with E-state index in [0.29, 0.717) is 5.92 Å². The Labute approximate surface area is 109 Å². The summed E-state index contributed by atoms with van der Waals surface area (Å²) in [4.78, 5) is 0. The van der Waals surface area contributed by atoms with Crippen LogP contribution in [0, 0.1) is 30.1 Å². The molecule has 0 heterocycles. The highest BCUT2D eigenvalue weighted by atomic mass is 14.0. The van der Waals surface area contributed by atoms with Gasteiger partial charge in [0.25, 0.3) is 0 Å². The molecule has 17 heavy (non-hydrogen) atoms. The fraction of sp³-hybridized carbons (Fsp3) is 0.765. The fourth-order valence-corrected chi connectivity index (χ4v) is 1.85. The van der Waals surface area contributed by atoms with E-state index in [1.54, 1.807) is 0 Å². The van der Waals surface area contributed by atoms with Gasteiger partial charge in [-0.2, -0.15) is 0 Å². The highest BCUT2D eigenvalue weighted by Gasteiger charge is 2.00. The average Bonchev–Trinajstić information content (AvgIpc) is 2.36. The van der Waals surface area contributed by atoms with Gasteiger partial charge in [-0.05, 0) is 25.7 Å². The molecule has 0 aromatic carbocycles. The molecule has 0 aliphatic heterocycles. The van der Waals surface area contributed by atoms with Crippen LogP contribution in [0.25, 0.3) is 0 Å². The lowest BCUT2D eigenvalue weighted by Crippen LogP contribution is -1.95. The Kier molecular flexibility index (Phi) is 12.5. The van der Waals surface area contributed by atoms with Crippen molar-refractivity contribution in [1.82, 2.24) is 0 Å². The lowest BCUT2D eigenvalue weighted by atomic mass is 9.99. The van der Waals surface area contributed by atoms with Crippen LogP contribution < -0.4 is 0 Å². The maximum Gasteiger partial charge on any atom is 0.0200 e. The molecule has 0 rings (SSSR count). The first kappa shape index (κ1) is 16.1. The van der Waals surface area contributed by atoms with Gasteiger partial charge in [0.05, 0.1) is 0 Å². The largest absolute Gasteiger partial charge is 0.120 e. The molecule has 0 saturated carbocycles. The molecule has 1 atom stereocenters. The zero-order valence-electron chi connectivity index (χ0n) is 11.7. The number of hydrogen-bond acceptors (Lipinski definition) is 0. The highest BCUT2D eigenvalue weighted by molar-refractivity contribution is 5.03.